The van der Waals surface area contributed by atoms with E-state index in [-0.39, 0.29) is 0 Å². The van der Waals surface area contributed by atoms with E-state index in [0.29, 0.717) is 0 Å². The predicted molar refractivity (Wildman–Crippen MR) is 97.1 cm³/mol. The van der Waals surface area contributed by atoms with Gasteiger partial charge in [-0.3, -0.25) is 5.43 Å². The third kappa shape index (κ3) is 3.02. The Labute approximate surface area is 141 Å². The molecular weight excluding hydrogens is 310 g/mol. The van der Waals surface area contributed by atoms with Crippen molar-refractivity contribution in [1.29, 1.82) is 0 Å². The van der Waals surface area contributed by atoms with Crippen molar-refractivity contribution in [2.24, 2.45) is 0 Å². The van der Waals surface area contributed by atoms with Crippen molar-refractivity contribution in [2.45, 2.75) is 20.4 Å². The summed E-state index contributed by atoms with van der Waals surface area (Å²) in [6, 6.07) is 10.1. The predicted octanol–water partition coefficient (Wildman–Crippen LogP) is 4.33. The van der Waals surface area contributed by atoms with Crippen LogP contribution in [0.3, 0.4) is 0 Å². The molecule has 0 atom stereocenters. The number of halogens is 1. The fourth-order valence-electron chi connectivity index (χ4n) is 2.95. The first-order valence-corrected chi connectivity index (χ1v) is 8.31. The van der Waals surface area contributed by atoms with Crippen LogP contribution in [0.1, 0.15) is 19.4 Å². The summed E-state index contributed by atoms with van der Waals surface area (Å²) in [4.78, 5) is 3.42. The number of H-pyrrole nitrogens is 1. The lowest BCUT2D eigenvalue weighted by atomic mass is 10.1. The van der Waals surface area contributed by atoms with Gasteiger partial charge in [0.25, 0.3) is 0 Å². The van der Waals surface area contributed by atoms with Gasteiger partial charge in [-0.25, -0.2) is 5.01 Å². The maximum Gasteiger partial charge on any atom is 0.120 e. The van der Waals surface area contributed by atoms with Crippen LogP contribution in [0, 0.1) is 0 Å². The van der Waals surface area contributed by atoms with Crippen molar-refractivity contribution in [3.63, 3.8) is 0 Å². The second kappa shape index (κ2) is 6.79. The maximum atomic E-state index is 6.40. The van der Waals surface area contributed by atoms with Crippen LogP contribution in [0.15, 0.2) is 30.3 Å². The van der Waals surface area contributed by atoms with E-state index in [4.69, 9.17) is 16.3 Å². The molecule has 0 aliphatic rings. The molecule has 2 N–H and O–H groups in total. The van der Waals surface area contributed by atoms with E-state index in [1.807, 2.05) is 18.2 Å². The van der Waals surface area contributed by atoms with E-state index in [1.165, 1.54) is 16.3 Å². The first-order chi connectivity index (χ1) is 11.2. The molecule has 0 unspecified atom stereocenters. The Morgan fingerprint density at radius 3 is 2.65 bits per heavy atom. The highest BCUT2D eigenvalue weighted by molar-refractivity contribution is 6.36. The molecule has 0 spiro atoms. The average Bonchev–Trinajstić information content (AvgIpc) is 2.97. The van der Waals surface area contributed by atoms with Gasteiger partial charge in [0, 0.05) is 36.5 Å². The molecule has 0 fully saturated rings. The Morgan fingerprint density at radius 2 is 1.96 bits per heavy atom. The van der Waals surface area contributed by atoms with E-state index < -0.39 is 0 Å². The van der Waals surface area contributed by atoms with Crippen molar-refractivity contribution in [3.05, 3.63) is 40.9 Å². The van der Waals surface area contributed by atoms with E-state index in [9.17, 15) is 0 Å². The number of aromatic amines is 1. The number of aromatic nitrogens is 1. The molecule has 0 saturated heterocycles. The van der Waals surface area contributed by atoms with Gasteiger partial charge in [0.2, 0.25) is 0 Å². The second-order valence-electron chi connectivity index (χ2n) is 5.50. The minimum Gasteiger partial charge on any atom is -0.497 e. The van der Waals surface area contributed by atoms with Crippen molar-refractivity contribution in [3.8, 4) is 5.75 Å². The molecule has 5 heteroatoms. The van der Waals surface area contributed by atoms with Crippen molar-refractivity contribution in [2.75, 3.05) is 20.2 Å². The molecule has 0 amide bonds. The zero-order valence-corrected chi connectivity index (χ0v) is 14.5. The standard InChI is InChI=1S/C18H22ClN3O/c1-4-22(5-2)20-11-12-6-9-15(19)18-17(12)14-8-7-13(23-3)10-16(14)21-18/h6-10,20-21H,4-5,11H2,1-3H3. The van der Waals surface area contributed by atoms with E-state index in [0.717, 1.165) is 41.4 Å². The molecule has 2 aromatic carbocycles. The Kier molecular flexibility index (Phi) is 4.76. The number of nitrogens with one attached hydrogen (secondary N) is 2. The summed E-state index contributed by atoms with van der Waals surface area (Å²) in [5.41, 5.74) is 6.72. The molecule has 0 saturated carbocycles. The monoisotopic (exact) mass is 331 g/mol. The topological polar surface area (TPSA) is 40.3 Å². The first-order valence-electron chi connectivity index (χ1n) is 7.93. The Bertz CT molecular complexity index is 824. The summed E-state index contributed by atoms with van der Waals surface area (Å²) < 4.78 is 5.31. The van der Waals surface area contributed by atoms with Crippen LogP contribution < -0.4 is 10.2 Å². The first kappa shape index (κ1) is 16.1. The molecule has 0 radical (unpaired) electrons. The van der Waals surface area contributed by atoms with Gasteiger partial charge in [-0.1, -0.05) is 31.5 Å². The number of methoxy groups -OCH3 is 1. The molecule has 4 nitrogen and oxygen atoms in total. The van der Waals surface area contributed by atoms with Crippen LogP contribution in [-0.4, -0.2) is 30.2 Å². The summed E-state index contributed by atoms with van der Waals surface area (Å²) >= 11 is 6.40. The fourth-order valence-corrected chi connectivity index (χ4v) is 3.15. The Hall–Kier alpha value is -1.75. The number of fused-ring (bicyclic) bond motifs is 3. The molecule has 3 rings (SSSR count). The number of ether oxygens (including phenoxy) is 1. The normalized spacial score (nSPS) is 11.7. The molecule has 3 aromatic rings. The van der Waals surface area contributed by atoms with E-state index in [1.54, 1.807) is 7.11 Å². The van der Waals surface area contributed by atoms with Gasteiger partial charge in [-0.2, -0.15) is 0 Å². The fraction of sp³-hybridized carbons (Fsp3) is 0.333. The molecule has 0 bridgehead atoms. The van der Waals surface area contributed by atoms with E-state index >= 15 is 0 Å². The lowest BCUT2D eigenvalue weighted by Crippen LogP contribution is -2.37. The average molecular weight is 332 g/mol. The molecule has 122 valence electrons. The van der Waals surface area contributed by atoms with Gasteiger partial charge >= 0.3 is 0 Å². The van der Waals surface area contributed by atoms with Gasteiger partial charge in [-0.15, -0.1) is 0 Å². The molecule has 23 heavy (non-hydrogen) atoms. The summed E-state index contributed by atoms with van der Waals surface area (Å²) in [7, 11) is 1.68. The van der Waals surface area contributed by atoms with Gasteiger partial charge in [0.05, 0.1) is 23.2 Å². The number of nitrogens with zero attached hydrogens (tertiary/aromatic N) is 1. The maximum absolute atomic E-state index is 6.40. The summed E-state index contributed by atoms with van der Waals surface area (Å²) in [5, 5.41) is 5.27. The zero-order valence-electron chi connectivity index (χ0n) is 13.7. The smallest absolute Gasteiger partial charge is 0.120 e. The minimum atomic E-state index is 0.738. The number of hydrogen-bond acceptors (Lipinski definition) is 3. The Balaban J connectivity index is 2.09. The Morgan fingerprint density at radius 1 is 1.17 bits per heavy atom. The largest absolute Gasteiger partial charge is 0.497 e. The summed E-state index contributed by atoms with van der Waals surface area (Å²) in [6.07, 6.45) is 0. The summed E-state index contributed by atoms with van der Waals surface area (Å²) in [6.45, 7) is 7.00. The van der Waals surface area contributed by atoms with Crippen LogP contribution in [0.5, 0.6) is 5.75 Å². The van der Waals surface area contributed by atoms with Gasteiger partial charge in [-0.05, 0) is 23.8 Å². The van der Waals surface area contributed by atoms with Crippen LogP contribution in [-0.2, 0) is 6.54 Å². The van der Waals surface area contributed by atoms with Crippen LogP contribution in [0.4, 0.5) is 0 Å². The zero-order chi connectivity index (χ0) is 16.4. The molecule has 0 aliphatic carbocycles. The number of hydrazine groups is 1. The van der Waals surface area contributed by atoms with Gasteiger partial charge < -0.3 is 9.72 Å². The van der Waals surface area contributed by atoms with Crippen LogP contribution >= 0.6 is 11.6 Å². The SMILES string of the molecule is CCN(CC)NCc1ccc(Cl)c2[nH]c3cc(OC)ccc3c12. The number of hydrogen-bond donors (Lipinski definition) is 2. The lowest BCUT2D eigenvalue weighted by molar-refractivity contribution is 0.205. The second-order valence-corrected chi connectivity index (χ2v) is 5.91. The summed E-state index contributed by atoms with van der Waals surface area (Å²) in [5.74, 6) is 0.836. The highest BCUT2D eigenvalue weighted by atomic mass is 35.5. The highest BCUT2D eigenvalue weighted by Crippen LogP contribution is 2.34. The van der Waals surface area contributed by atoms with Crippen LogP contribution in [0.25, 0.3) is 21.8 Å². The number of rotatable bonds is 6. The lowest BCUT2D eigenvalue weighted by Gasteiger charge is -2.20. The third-order valence-corrected chi connectivity index (χ3v) is 4.57. The third-order valence-electron chi connectivity index (χ3n) is 4.25. The quantitative estimate of drug-likeness (QED) is 0.660. The van der Waals surface area contributed by atoms with Crippen molar-refractivity contribution in [1.82, 2.24) is 15.4 Å². The van der Waals surface area contributed by atoms with E-state index in [2.05, 4.69) is 41.4 Å². The minimum absolute atomic E-state index is 0.738. The van der Waals surface area contributed by atoms with Crippen molar-refractivity contribution < 1.29 is 4.74 Å². The van der Waals surface area contributed by atoms with Crippen molar-refractivity contribution >= 4 is 33.4 Å². The molecule has 1 aromatic heterocycles. The van der Waals surface area contributed by atoms with Gasteiger partial charge in [0.1, 0.15) is 5.75 Å². The van der Waals surface area contributed by atoms with Crippen LogP contribution in [0.2, 0.25) is 5.02 Å². The molecule has 0 aliphatic heterocycles. The number of benzene rings is 2. The van der Waals surface area contributed by atoms with Gasteiger partial charge in [0.15, 0.2) is 0 Å². The molecular formula is C18H22ClN3O. The molecule has 1 heterocycles. The highest BCUT2D eigenvalue weighted by Gasteiger charge is 2.13.